The van der Waals surface area contributed by atoms with Crippen molar-refractivity contribution in [3.05, 3.63) is 40.9 Å². The van der Waals surface area contributed by atoms with Gasteiger partial charge in [-0.2, -0.15) is 19.0 Å². The zero-order chi connectivity index (χ0) is 21.3. The summed E-state index contributed by atoms with van der Waals surface area (Å²) < 4.78 is 27.1. The van der Waals surface area contributed by atoms with Crippen LogP contribution in [0.4, 0.5) is 8.78 Å². The van der Waals surface area contributed by atoms with E-state index in [-0.39, 0.29) is 16.4 Å². The number of benzene rings is 1. The lowest BCUT2D eigenvalue weighted by Gasteiger charge is -2.03. The first-order chi connectivity index (χ1) is 13.8. The molecule has 8 nitrogen and oxygen atoms in total. The van der Waals surface area contributed by atoms with Gasteiger partial charge in [0, 0.05) is 35.2 Å². The molecule has 152 valence electrons. The Balaban J connectivity index is 0.00000117. The lowest BCUT2D eigenvalue weighted by molar-refractivity contribution is 0.00812. The van der Waals surface area contributed by atoms with Crippen LogP contribution in [0.1, 0.15) is 37.0 Å². The number of aromatic amines is 3. The fourth-order valence-corrected chi connectivity index (χ4v) is 3.09. The number of carbonyl (C=O) groups excluding carboxylic acids is 1. The number of nitrogens with one attached hydrogen (secondary N) is 3. The third-order valence-electron chi connectivity index (χ3n) is 4.06. The Bertz CT molecular complexity index is 1160. The predicted molar refractivity (Wildman–Crippen MR) is 106 cm³/mol. The maximum atomic E-state index is 13.5. The molecule has 29 heavy (non-hydrogen) atoms. The zero-order valence-corrected chi connectivity index (χ0v) is 16.5. The lowest BCUT2D eigenvalue weighted by atomic mass is 10.0. The highest BCUT2D eigenvalue weighted by Crippen LogP contribution is 2.40. The molecular formula is C18H18ClF2N7O. The molecule has 0 unspecified atom stereocenters. The first kappa shape index (κ1) is 20.5. The molecule has 0 radical (unpaired) electrons. The molecule has 5 N–H and O–H groups in total. The molecule has 0 aliphatic heterocycles. The second-order valence-electron chi connectivity index (χ2n) is 6.00. The molecule has 1 aromatic carbocycles. The van der Waals surface area contributed by atoms with E-state index in [9.17, 15) is 13.6 Å². The SMILES string of the molecule is CC.CC(F)(F)c1nc(-c2[nH]c3c(Cl)cc(C(N)=O)cc3c2-c2cn[nH]c2)n[nH]1. The Morgan fingerprint density at radius 2 is 2.00 bits per heavy atom. The van der Waals surface area contributed by atoms with Crippen LogP contribution in [0, 0.1) is 0 Å². The number of fused-ring (bicyclic) bond motifs is 1. The van der Waals surface area contributed by atoms with Crippen molar-refractivity contribution in [1.29, 1.82) is 0 Å². The van der Waals surface area contributed by atoms with E-state index in [4.69, 9.17) is 17.3 Å². The Morgan fingerprint density at radius 1 is 1.28 bits per heavy atom. The van der Waals surface area contributed by atoms with Gasteiger partial charge < -0.3 is 10.7 Å². The molecule has 4 aromatic rings. The van der Waals surface area contributed by atoms with Crippen LogP contribution in [0.3, 0.4) is 0 Å². The van der Waals surface area contributed by atoms with Gasteiger partial charge in [-0.15, -0.1) is 0 Å². The first-order valence-corrected chi connectivity index (χ1v) is 9.08. The van der Waals surface area contributed by atoms with Crippen molar-refractivity contribution in [1.82, 2.24) is 30.4 Å². The molecule has 0 saturated heterocycles. The van der Waals surface area contributed by atoms with Gasteiger partial charge in [0.2, 0.25) is 5.91 Å². The number of nitrogens with two attached hydrogens (primary N) is 1. The molecule has 1 amide bonds. The topological polar surface area (TPSA) is 129 Å². The van der Waals surface area contributed by atoms with Crippen molar-refractivity contribution in [2.45, 2.75) is 26.7 Å². The molecule has 0 fully saturated rings. The van der Waals surface area contributed by atoms with Crippen molar-refractivity contribution in [2.24, 2.45) is 5.73 Å². The predicted octanol–water partition coefficient (Wildman–Crippen LogP) is 4.23. The summed E-state index contributed by atoms with van der Waals surface area (Å²) in [6.45, 7) is 4.72. The van der Waals surface area contributed by atoms with Gasteiger partial charge in [0.25, 0.3) is 0 Å². The standard InChI is InChI=1S/C16H12ClF2N7O.C2H6/c1-16(18,19)15-24-14(25-26-15)12-10(7-4-21-22-5-7)8-2-6(13(20)27)3-9(17)11(8)23-12;1-2/h2-5,23H,1H3,(H2,20,27)(H,21,22)(H,24,25,26);1-2H3. The van der Waals surface area contributed by atoms with E-state index in [1.807, 2.05) is 13.8 Å². The van der Waals surface area contributed by atoms with Crippen LogP contribution < -0.4 is 5.73 Å². The Hall–Kier alpha value is -3.27. The average Bonchev–Trinajstić information content (AvgIpc) is 3.40. The highest BCUT2D eigenvalue weighted by atomic mass is 35.5. The van der Waals surface area contributed by atoms with E-state index in [0.717, 1.165) is 6.92 Å². The molecular weight excluding hydrogens is 404 g/mol. The molecule has 3 heterocycles. The van der Waals surface area contributed by atoms with Crippen LogP contribution in [0.2, 0.25) is 5.02 Å². The molecule has 4 rings (SSSR count). The summed E-state index contributed by atoms with van der Waals surface area (Å²) in [4.78, 5) is 18.6. The number of alkyl halides is 2. The van der Waals surface area contributed by atoms with Gasteiger partial charge in [0.05, 0.1) is 22.4 Å². The smallest absolute Gasteiger partial charge is 0.303 e. The normalized spacial score (nSPS) is 11.4. The van der Waals surface area contributed by atoms with Crippen LogP contribution in [0.25, 0.3) is 33.5 Å². The number of hydrogen-bond donors (Lipinski definition) is 4. The highest BCUT2D eigenvalue weighted by Gasteiger charge is 2.30. The fraction of sp³-hybridized carbons (Fsp3) is 0.222. The van der Waals surface area contributed by atoms with Gasteiger partial charge in [0.15, 0.2) is 11.6 Å². The molecule has 0 saturated carbocycles. The molecule has 3 aromatic heterocycles. The minimum absolute atomic E-state index is 0.0237. The summed E-state index contributed by atoms with van der Waals surface area (Å²) in [5.41, 5.74) is 7.59. The highest BCUT2D eigenvalue weighted by molar-refractivity contribution is 6.36. The number of amides is 1. The van der Waals surface area contributed by atoms with Gasteiger partial charge in [-0.05, 0) is 12.1 Å². The van der Waals surface area contributed by atoms with Crippen molar-refractivity contribution in [3.8, 4) is 22.6 Å². The van der Waals surface area contributed by atoms with Gasteiger partial charge in [-0.1, -0.05) is 25.4 Å². The van der Waals surface area contributed by atoms with Crippen LogP contribution in [0.15, 0.2) is 24.5 Å². The Labute approximate surface area is 168 Å². The van der Waals surface area contributed by atoms with E-state index in [2.05, 4.69) is 30.4 Å². The summed E-state index contributed by atoms with van der Waals surface area (Å²) in [6, 6.07) is 2.99. The van der Waals surface area contributed by atoms with Gasteiger partial charge >= 0.3 is 5.92 Å². The van der Waals surface area contributed by atoms with Crippen LogP contribution in [0.5, 0.6) is 0 Å². The molecule has 11 heteroatoms. The van der Waals surface area contributed by atoms with Crippen LogP contribution in [-0.2, 0) is 5.92 Å². The second-order valence-corrected chi connectivity index (χ2v) is 6.41. The van der Waals surface area contributed by atoms with E-state index in [1.54, 1.807) is 18.5 Å². The number of carbonyl (C=O) groups is 1. The quantitative estimate of drug-likeness (QED) is 0.392. The molecule has 0 aliphatic rings. The van der Waals surface area contributed by atoms with E-state index in [1.165, 1.54) is 6.07 Å². The van der Waals surface area contributed by atoms with Gasteiger partial charge in [-0.3, -0.25) is 15.0 Å². The third-order valence-corrected chi connectivity index (χ3v) is 4.35. The van der Waals surface area contributed by atoms with Crippen LogP contribution in [-0.4, -0.2) is 36.3 Å². The largest absolute Gasteiger partial charge is 0.366 e. The van der Waals surface area contributed by atoms with Crippen molar-refractivity contribution >= 4 is 28.4 Å². The number of rotatable bonds is 4. The van der Waals surface area contributed by atoms with E-state index < -0.39 is 17.7 Å². The Kier molecular flexibility index (Phi) is 5.38. The number of halogens is 3. The molecule has 0 bridgehead atoms. The maximum Gasteiger partial charge on any atom is 0.303 e. The van der Waals surface area contributed by atoms with Gasteiger partial charge in [0.1, 0.15) is 0 Å². The third kappa shape index (κ3) is 3.70. The average molecular weight is 422 g/mol. The number of primary amides is 1. The monoisotopic (exact) mass is 421 g/mol. The molecule has 0 atom stereocenters. The number of hydrogen-bond acceptors (Lipinski definition) is 4. The molecule has 0 spiro atoms. The fourth-order valence-electron chi connectivity index (χ4n) is 2.82. The van der Waals surface area contributed by atoms with Crippen molar-refractivity contribution < 1.29 is 13.6 Å². The minimum atomic E-state index is -3.18. The number of nitrogens with zero attached hydrogens (tertiary/aromatic N) is 3. The summed E-state index contributed by atoms with van der Waals surface area (Å²) in [5.74, 6) is -4.37. The summed E-state index contributed by atoms with van der Waals surface area (Å²) in [7, 11) is 0. The second kappa shape index (κ2) is 7.63. The van der Waals surface area contributed by atoms with Crippen molar-refractivity contribution in [3.63, 3.8) is 0 Å². The summed E-state index contributed by atoms with van der Waals surface area (Å²) in [6.07, 6.45) is 3.15. The zero-order valence-electron chi connectivity index (χ0n) is 15.8. The maximum absolute atomic E-state index is 13.5. The van der Waals surface area contributed by atoms with Crippen molar-refractivity contribution in [2.75, 3.05) is 0 Å². The first-order valence-electron chi connectivity index (χ1n) is 8.71. The lowest BCUT2D eigenvalue weighted by Crippen LogP contribution is -2.10. The Morgan fingerprint density at radius 3 is 2.55 bits per heavy atom. The number of H-pyrrole nitrogens is 3. The summed E-state index contributed by atoms with van der Waals surface area (Å²) >= 11 is 6.29. The number of aromatic nitrogens is 6. The van der Waals surface area contributed by atoms with Gasteiger partial charge in [-0.25, -0.2) is 4.98 Å². The minimum Gasteiger partial charge on any atom is -0.366 e. The van der Waals surface area contributed by atoms with Crippen LogP contribution >= 0.6 is 11.6 Å². The summed E-state index contributed by atoms with van der Waals surface area (Å²) in [5, 5.41) is 13.5. The van der Waals surface area contributed by atoms with E-state index >= 15 is 0 Å². The van der Waals surface area contributed by atoms with E-state index in [0.29, 0.717) is 27.7 Å². The molecule has 0 aliphatic carbocycles.